The zero-order valence-corrected chi connectivity index (χ0v) is 15.8. The van der Waals surface area contributed by atoms with E-state index in [1.54, 1.807) is 37.3 Å². The standard InChI is InChI=1S/C19H19ClO4S/c1-12(21)14-4-9-18(23-3)15(10-14)11-24-19(22)13(2)25-17-7-5-16(20)6-8-17/h4-10,13H,11H2,1-3H3/t13-/m0/s1. The molecule has 2 rings (SSSR count). The van der Waals surface area contributed by atoms with E-state index in [1.807, 2.05) is 12.1 Å². The Hall–Kier alpha value is -1.98. The van der Waals surface area contributed by atoms with Crippen molar-refractivity contribution in [1.29, 1.82) is 0 Å². The van der Waals surface area contributed by atoms with Gasteiger partial charge < -0.3 is 9.47 Å². The topological polar surface area (TPSA) is 52.6 Å². The molecular formula is C19H19ClO4S. The lowest BCUT2D eigenvalue weighted by atomic mass is 10.1. The second-order valence-electron chi connectivity index (χ2n) is 5.40. The Kier molecular flexibility index (Phi) is 6.91. The van der Waals surface area contributed by atoms with E-state index >= 15 is 0 Å². The van der Waals surface area contributed by atoms with Crippen molar-refractivity contribution in [3.8, 4) is 5.75 Å². The Morgan fingerprint density at radius 2 is 1.84 bits per heavy atom. The lowest BCUT2D eigenvalue weighted by molar-refractivity contribution is -0.143. The van der Waals surface area contributed by atoms with Crippen LogP contribution in [0, 0.1) is 0 Å². The predicted molar refractivity (Wildman–Crippen MR) is 99.6 cm³/mol. The average molecular weight is 379 g/mol. The van der Waals surface area contributed by atoms with Crippen LogP contribution in [0.2, 0.25) is 5.02 Å². The van der Waals surface area contributed by atoms with Crippen molar-refractivity contribution in [3.05, 3.63) is 58.6 Å². The molecule has 0 aliphatic carbocycles. The fourth-order valence-electron chi connectivity index (χ4n) is 2.14. The van der Waals surface area contributed by atoms with E-state index in [0.717, 1.165) is 4.90 Å². The first-order valence-corrected chi connectivity index (χ1v) is 8.93. The largest absolute Gasteiger partial charge is 0.496 e. The molecule has 2 aromatic carbocycles. The zero-order chi connectivity index (χ0) is 18.4. The monoisotopic (exact) mass is 378 g/mol. The minimum absolute atomic E-state index is 0.0502. The summed E-state index contributed by atoms with van der Waals surface area (Å²) in [4.78, 5) is 24.7. The molecule has 132 valence electrons. The van der Waals surface area contributed by atoms with Gasteiger partial charge in [-0.25, -0.2) is 0 Å². The number of carbonyl (C=O) groups excluding carboxylic acids is 2. The van der Waals surface area contributed by atoms with Gasteiger partial charge in [0.05, 0.1) is 7.11 Å². The third-order valence-electron chi connectivity index (χ3n) is 3.52. The molecule has 0 radical (unpaired) electrons. The van der Waals surface area contributed by atoms with E-state index < -0.39 is 0 Å². The third kappa shape index (κ3) is 5.51. The number of esters is 1. The summed E-state index contributed by atoms with van der Waals surface area (Å²) in [5, 5.41) is 0.278. The number of carbonyl (C=O) groups is 2. The Labute approximate surface area is 156 Å². The second-order valence-corrected chi connectivity index (χ2v) is 7.26. The molecule has 0 bridgehead atoms. The van der Waals surface area contributed by atoms with E-state index in [-0.39, 0.29) is 23.6 Å². The summed E-state index contributed by atoms with van der Waals surface area (Å²) in [7, 11) is 1.53. The van der Waals surface area contributed by atoms with Crippen LogP contribution >= 0.6 is 23.4 Å². The summed E-state index contributed by atoms with van der Waals surface area (Å²) in [6.45, 7) is 3.32. The molecule has 1 atom stereocenters. The molecule has 0 heterocycles. The molecular weight excluding hydrogens is 360 g/mol. The number of methoxy groups -OCH3 is 1. The van der Waals surface area contributed by atoms with E-state index in [9.17, 15) is 9.59 Å². The molecule has 0 amide bonds. The normalized spacial score (nSPS) is 11.7. The summed E-state index contributed by atoms with van der Waals surface area (Å²) in [5.74, 6) is 0.188. The minimum atomic E-state index is -0.372. The molecule has 6 heteroatoms. The number of ether oxygens (including phenoxy) is 2. The highest BCUT2D eigenvalue weighted by Crippen LogP contribution is 2.26. The van der Waals surface area contributed by atoms with Crippen LogP contribution in [-0.4, -0.2) is 24.1 Å². The highest BCUT2D eigenvalue weighted by atomic mass is 35.5. The molecule has 0 aromatic heterocycles. The molecule has 0 unspecified atom stereocenters. The number of hydrogen-bond donors (Lipinski definition) is 0. The molecule has 4 nitrogen and oxygen atoms in total. The van der Waals surface area contributed by atoms with Crippen LogP contribution < -0.4 is 4.74 Å². The zero-order valence-electron chi connectivity index (χ0n) is 14.2. The van der Waals surface area contributed by atoms with Crippen molar-refractivity contribution in [1.82, 2.24) is 0 Å². The molecule has 0 aliphatic heterocycles. The number of hydrogen-bond acceptors (Lipinski definition) is 5. The summed E-state index contributed by atoms with van der Waals surface area (Å²) in [6.07, 6.45) is 0. The van der Waals surface area contributed by atoms with Gasteiger partial charge in [-0.05, 0) is 56.3 Å². The van der Waals surface area contributed by atoms with E-state index in [1.165, 1.54) is 25.8 Å². The first kappa shape index (κ1) is 19.3. The highest BCUT2D eigenvalue weighted by Gasteiger charge is 2.17. The summed E-state index contributed by atoms with van der Waals surface area (Å²) < 4.78 is 10.6. The summed E-state index contributed by atoms with van der Waals surface area (Å²) in [5.41, 5.74) is 1.21. The fraction of sp³-hybridized carbons (Fsp3) is 0.263. The smallest absolute Gasteiger partial charge is 0.319 e. The van der Waals surface area contributed by atoms with Crippen molar-refractivity contribution >= 4 is 35.1 Å². The highest BCUT2D eigenvalue weighted by molar-refractivity contribution is 8.00. The van der Waals surface area contributed by atoms with Crippen LogP contribution in [0.1, 0.15) is 29.8 Å². The van der Waals surface area contributed by atoms with Crippen LogP contribution in [0.5, 0.6) is 5.75 Å². The fourth-order valence-corrected chi connectivity index (χ4v) is 3.13. The van der Waals surface area contributed by atoms with Crippen molar-refractivity contribution in [2.45, 2.75) is 30.6 Å². The lowest BCUT2D eigenvalue weighted by Gasteiger charge is -2.13. The van der Waals surface area contributed by atoms with Gasteiger partial charge in [0.25, 0.3) is 0 Å². The molecule has 0 saturated heterocycles. The van der Waals surface area contributed by atoms with Gasteiger partial charge in [-0.3, -0.25) is 9.59 Å². The van der Waals surface area contributed by atoms with Gasteiger partial charge in [0.1, 0.15) is 17.6 Å². The van der Waals surface area contributed by atoms with Crippen molar-refractivity contribution in [2.75, 3.05) is 7.11 Å². The Bertz CT molecular complexity index is 759. The maximum atomic E-state index is 12.2. The lowest BCUT2D eigenvalue weighted by Crippen LogP contribution is -2.17. The van der Waals surface area contributed by atoms with Crippen LogP contribution in [-0.2, 0) is 16.1 Å². The Morgan fingerprint density at radius 1 is 1.16 bits per heavy atom. The molecule has 0 fully saturated rings. The summed E-state index contributed by atoms with van der Waals surface area (Å²) in [6, 6.07) is 12.3. The Balaban J connectivity index is 2.00. The van der Waals surface area contributed by atoms with Gasteiger partial charge in [-0.2, -0.15) is 0 Å². The summed E-state index contributed by atoms with van der Waals surface area (Å²) >= 11 is 7.25. The van der Waals surface area contributed by atoms with Gasteiger partial charge in [0.2, 0.25) is 0 Å². The second kappa shape index (κ2) is 8.92. The van der Waals surface area contributed by atoms with E-state index in [4.69, 9.17) is 21.1 Å². The molecule has 0 N–H and O–H groups in total. The average Bonchev–Trinajstić information content (AvgIpc) is 2.61. The van der Waals surface area contributed by atoms with Gasteiger partial charge in [0, 0.05) is 21.0 Å². The Morgan fingerprint density at radius 3 is 2.44 bits per heavy atom. The van der Waals surface area contributed by atoms with Gasteiger partial charge >= 0.3 is 5.97 Å². The predicted octanol–water partition coefficient (Wildman–Crippen LogP) is 4.78. The molecule has 2 aromatic rings. The number of benzene rings is 2. The quantitative estimate of drug-likeness (QED) is 0.394. The van der Waals surface area contributed by atoms with Gasteiger partial charge in [-0.1, -0.05) is 11.6 Å². The van der Waals surface area contributed by atoms with E-state index in [2.05, 4.69) is 0 Å². The van der Waals surface area contributed by atoms with Crippen molar-refractivity contribution in [2.24, 2.45) is 0 Å². The van der Waals surface area contributed by atoms with Crippen LogP contribution in [0.25, 0.3) is 0 Å². The maximum absolute atomic E-state index is 12.2. The van der Waals surface area contributed by atoms with Crippen LogP contribution in [0.3, 0.4) is 0 Å². The van der Waals surface area contributed by atoms with E-state index in [0.29, 0.717) is 21.9 Å². The maximum Gasteiger partial charge on any atom is 0.319 e. The van der Waals surface area contributed by atoms with Crippen LogP contribution in [0.15, 0.2) is 47.4 Å². The molecule has 0 saturated carbocycles. The third-order valence-corrected chi connectivity index (χ3v) is 4.86. The first-order valence-electron chi connectivity index (χ1n) is 7.67. The minimum Gasteiger partial charge on any atom is -0.496 e. The van der Waals surface area contributed by atoms with Gasteiger partial charge in [0.15, 0.2) is 5.78 Å². The SMILES string of the molecule is COc1ccc(C(C)=O)cc1COC(=O)[C@H](C)Sc1ccc(Cl)cc1. The van der Waals surface area contributed by atoms with Crippen LogP contribution in [0.4, 0.5) is 0 Å². The molecule has 25 heavy (non-hydrogen) atoms. The van der Waals surface area contributed by atoms with Crippen molar-refractivity contribution < 1.29 is 19.1 Å². The molecule has 0 aliphatic rings. The molecule has 0 spiro atoms. The number of rotatable bonds is 7. The first-order chi connectivity index (χ1) is 11.9. The van der Waals surface area contributed by atoms with Gasteiger partial charge in [-0.15, -0.1) is 11.8 Å². The number of Topliss-reactive ketones (excluding diaryl/α,β-unsaturated/α-hetero) is 1. The van der Waals surface area contributed by atoms with Crippen molar-refractivity contribution in [3.63, 3.8) is 0 Å². The number of ketones is 1. The number of halogens is 1. The number of thioether (sulfide) groups is 1.